The molecule has 0 unspecified atom stereocenters. The van der Waals surface area contributed by atoms with E-state index in [1.54, 1.807) is 0 Å². The van der Waals surface area contributed by atoms with E-state index in [0.717, 1.165) is 29.4 Å². The van der Waals surface area contributed by atoms with E-state index in [1.165, 1.54) is 6.07 Å². The summed E-state index contributed by atoms with van der Waals surface area (Å²) in [7, 11) is 0. The Morgan fingerprint density at radius 2 is 2.09 bits per heavy atom. The smallest absolute Gasteiger partial charge is 0.294 e. The van der Waals surface area contributed by atoms with Gasteiger partial charge >= 0.3 is 0 Å². The maximum absolute atomic E-state index is 15.1. The van der Waals surface area contributed by atoms with Gasteiger partial charge in [0, 0.05) is 35.9 Å². The summed E-state index contributed by atoms with van der Waals surface area (Å²) in [4.78, 5) is 27.7. The van der Waals surface area contributed by atoms with Gasteiger partial charge in [-0.05, 0) is 52.2 Å². The van der Waals surface area contributed by atoms with Gasteiger partial charge in [0.2, 0.25) is 0 Å². The molecule has 1 aromatic rings. The molecule has 1 aromatic carbocycles. The quantitative estimate of drug-likeness (QED) is 0.281. The first-order chi connectivity index (χ1) is 15.9. The van der Waals surface area contributed by atoms with Crippen LogP contribution >= 0.6 is 0 Å². The number of halogens is 2. The van der Waals surface area contributed by atoms with Crippen molar-refractivity contribution in [1.82, 2.24) is 0 Å². The molecule has 1 amide bonds. The molecular formula is C24H31F2N2O6-. The third-order valence-corrected chi connectivity index (χ3v) is 6.76. The highest BCUT2D eigenvalue weighted by Crippen LogP contribution is 2.54. The standard InChI is InChI=1S/C24H32F2N2O6/c1-5-6-9-24(25,26)16-13-19(27(22(29)30)10-11-33-28(31)32)21-17-12-15(2)7-8-18(17)23(3,4)34-20(21)14-16/h12-14,17-18H,5-11H2,1-4H3,(H,29,30)/p-1/t17-,18-/m1/s1. The van der Waals surface area contributed by atoms with Crippen molar-refractivity contribution in [3.63, 3.8) is 0 Å². The Morgan fingerprint density at radius 1 is 1.38 bits per heavy atom. The number of carbonyl (C=O) groups is 1. The van der Waals surface area contributed by atoms with Crippen LogP contribution in [0.4, 0.5) is 19.3 Å². The highest BCUT2D eigenvalue weighted by Gasteiger charge is 2.46. The molecule has 0 radical (unpaired) electrons. The molecule has 0 spiro atoms. The number of ether oxygens (including phenoxy) is 1. The maximum Gasteiger partial charge on any atom is 0.294 e. The van der Waals surface area contributed by atoms with Crippen molar-refractivity contribution in [3.05, 3.63) is 45.0 Å². The van der Waals surface area contributed by atoms with E-state index in [0.29, 0.717) is 18.4 Å². The Balaban J connectivity index is 2.21. The van der Waals surface area contributed by atoms with E-state index < -0.39 is 42.3 Å². The first-order valence-corrected chi connectivity index (χ1v) is 11.6. The van der Waals surface area contributed by atoms with Gasteiger partial charge in [0.15, 0.2) is 0 Å². The Morgan fingerprint density at radius 3 is 2.71 bits per heavy atom. The van der Waals surface area contributed by atoms with E-state index in [2.05, 4.69) is 4.84 Å². The van der Waals surface area contributed by atoms with Crippen molar-refractivity contribution in [2.24, 2.45) is 5.92 Å². The zero-order valence-electron chi connectivity index (χ0n) is 19.9. The number of hydrogen-bond donors (Lipinski definition) is 0. The van der Waals surface area contributed by atoms with Crippen LogP contribution in [0, 0.1) is 16.0 Å². The second-order valence-corrected chi connectivity index (χ2v) is 9.58. The van der Waals surface area contributed by atoms with Crippen molar-refractivity contribution in [2.45, 2.75) is 77.2 Å². The normalized spacial score (nSPS) is 20.9. The van der Waals surface area contributed by atoms with Crippen LogP contribution in [0.25, 0.3) is 0 Å². The fourth-order valence-electron chi connectivity index (χ4n) is 5.02. The van der Waals surface area contributed by atoms with E-state index in [-0.39, 0.29) is 28.8 Å². The minimum absolute atomic E-state index is 0.00692. The molecule has 1 aliphatic heterocycles. The minimum atomic E-state index is -3.21. The Hall–Kier alpha value is -2.91. The molecule has 10 heteroatoms. The van der Waals surface area contributed by atoms with Gasteiger partial charge in [-0.1, -0.05) is 25.0 Å². The second-order valence-electron chi connectivity index (χ2n) is 9.58. The van der Waals surface area contributed by atoms with Gasteiger partial charge in [-0.3, -0.25) is 0 Å². The number of benzene rings is 1. The number of carbonyl (C=O) groups excluding carboxylic acids is 1. The minimum Gasteiger partial charge on any atom is -0.530 e. The number of fused-ring (bicyclic) bond motifs is 3. The highest BCUT2D eigenvalue weighted by atomic mass is 19.3. The van der Waals surface area contributed by atoms with E-state index in [1.807, 2.05) is 33.8 Å². The number of nitrogens with zero attached hydrogens (tertiary/aromatic N) is 2. The van der Waals surface area contributed by atoms with Crippen molar-refractivity contribution in [3.8, 4) is 5.75 Å². The highest BCUT2D eigenvalue weighted by molar-refractivity contribution is 5.87. The van der Waals surface area contributed by atoms with Crippen LogP contribution in [0.5, 0.6) is 5.75 Å². The molecule has 34 heavy (non-hydrogen) atoms. The first-order valence-electron chi connectivity index (χ1n) is 11.6. The third kappa shape index (κ3) is 5.26. The van der Waals surface area contributed by atoms with E-state index >= 15 is 8.78 Å². The zero-order valence-corrected chi connectivity index (χ0v) is 19.9. The van der Waals surface area contributed by atoms with Crippen molar-refractivity contribution < 1.29 is 33.3 Å². The summed E-state index contributed by atoms with van der Waals surface area (Å²) in [5.41, 5.74) is 0.562. The van der Waals surface area contributed by atoms with Crippen LogP contribution in [0.2, 0.25) is 0 Å². The SMILES string of the molecule is CCCCC(F)(F)c1cc2c(c(N(CCO[N+](=O)[O-])C(=O)[O-])c1)[C@@H]1C=C(C)CC[C@H]1C(C)(C)O2. The molecule has 8 nitrogen and oxygen atoms in total. The molecule has 0 saturated heterocycles. The predicted octanol–water partition coefficient (Wildman–Crippen LogP) is 4.94. The number of rotatable bonds is 9. The van der Waals surface area contributed by atoms with Gasteiger partial charge in [-0.15, -0.1) is 10.1 Å². The average molecular weight is 482 g/mol. The van der Waals surface area contributed by atoms with Crippen LogP contribution in [0.15, 0.2) is 23.8 Å². The molecule has 3 rings (SSSR count). The molecule has 0 aromatic heterocycles. The number of hydrogen-bond acceptors (Lipinski definition) is 6. The number of unbranched alkanes of at least 4 members (excludes halogenated alkanes) is 1. The van der Waals surface area contributed by atoms with Crippen LogP contribution in [-0.2, 0) is 10.8 Å². The van der Waals surface area contributed by atoms with Crippen molar-refractivity contribution >= 4 is 11.8 Å². The van der Waals surface area contributed by atoms with Gasteiger partial charge in [0.25, 0.3) is 11.0 Å². The monoisotopic (exact) mass is 481 g/mol. The van der Waals surface area contributed by atoms with E-state index in [9.17, 15) is 20.0 Å². The number of amides is 1. The van der Waals surface area contributed by atoms with Crippen molar-refractivity contribution in [1.29, 1.82) is 0 Å². The Labute approximate surface area is 197 Å². The molecule has 188 valence electrons. The zero-order chi connectivity index (χ0) is 25.3. The number of carboxylic acid groups (broad SMARTS) is 1. The number of allylic oxidation sites excluding steroid dienone is 2. The summed E-state index contributed by atoms with van der Waals surface area (Å²) >= 11 is 0. The molecule has 1 aliphatic carbocycles. The van der Waals surface area contributed by atoms with Gasteiger partial charge in [-0.2, -0.15) is 0 Å². The van der Waals surface area contributed by atoms with E-state index in [4.69, 9.17) is 4.74 Å². The molecule has 0 bridgehead atoms. The fraction of sp³-hybridized carbons (Fsp3) is 0.625. The molecule has 0 N–H and O–H groups in total. The van der Waals surface area contributed by atoms with Gasteiger partial charge in [0.05, 0.1) is 5.69 Å². The summed E-state index contributed by atoms with van der Waals surface area (Å²) in [6.45, 7) is 6.58. The Kier molecular flexibility index (Phi) is 7.38. The van der Waals surface area contributed by atoms with Crippen LogP contribution in [-0.4, -0.2) is 29.9 Å². The lowest BCUT2D eigenvalue weighted by Gasteiger charge is -2.48. The van der Waals surface area contributed by atoms with Crippen molar-refractivity contribution in [2.75, 3.05) is 18.1 Å². The van der Waals surface area contributed by atoms with Crippen LogP contribution in [0.3, 0.4) is 0 Å². The average Bonchev–Trinajstić information content (AvgIpc) is 2.73. The van der Waals surface area contributed by atoms with Crippen LogP contribution in [0.1, 0.15) is 76.8 Å². The summed E-state index contributed by atoms with van der Waals surface area (Å²) in [5, 5.41) is 21.6. The van der Waals surface area contributed by atoms with Gasteiger partial charge in [0.1, 0.15) is 24.1 Å². The molecular weight excluding hydrogens is 450 g/mol. The summed E-state index contributed by atoms with van der Waals surface area (Å²) in [5.74, 6) is -3.29. The molecule has 2 aliphatic rings. The lowest BCUT2D eigenvalue weighted by atomic mass is 9.67. The molecule has 0 saturated carbocycles. The van der Waals surface area contributed by atoms with Gasteiger partial charge in [-0.25, -0.2) is 8.78 Å². The third-order valence-electron chi connectivity index (χ3n) is 6.76. The fourth-order valence-corrected chi connectivity index (χ4v) is 5.02. The molecule has 0 fully saturated rings. The second kappa shape index (κ2) is 9.76. The maximum atomic E-state index is 15.1. The predicted molar refractivity (Wildman–Crippen MR) is 119 cm³/mol. The lowest BCUT2D eigenvalue weighted by molar-refractivity contribution is -0.757. The number of anilines is 1. The largest absolute Gasteiger partial charge is 0.530 e. The Bertz CT molecular complexity index is 978. The van der Waals surface area contributed by atoms with Crippen LogP contribution < -0.4 is 14.7 Å². The molecule has 2 atom stereocenters. The first kappa shape index (κ1) is 25.7. The summed E-state index contributed by atoms with van der Waals surface area (Å²) in [6.07, 6.45) is 2.49. The number of alkyl halides is 2. The summed E-state index contributed by atoms with van der Waals surface area (Å²) in [6, 6.07) is 2.47. The van der Waals surface area contributed by atoms with Gasteiger partial charge < -0.3 is 24.4 Å². The summed E-state index contributed by atoms with van der Waals surface area (Å²) < 4.78 is 36.5. The molecule has 1 heterocycles. The topological polar surface area (TPSA) is 105 Å². The lowest BCUT2D eigenvalue weighted by Crippen LogP contribution is -2.48.